The molecule has 1 aromatic heterocycles. The SMILES string of the molecule is O=C(O)Cc1cnc(-c2ccc(Cl)c(Cl)c2Cl)c(-c2ccc(Cl)c(Cl)c2Cl)c1. The van der Waals surface area contributed by atoms with Crippen molar-refractivity contribution in [3.63, 3.8) is 0 Å². The second-order valence-corrected chi connectivity index (χ2v) is 8.08. The first-order valence-corrected chi connectivity index (χ1v) is 9.96. The van der Waals surface area contributed by atoms with Gasteiger partial charge in [0.15, 0.2) is 0 Å². The second-order valence-electron chi connectivity index (χ2n) is 5.76. The number of benzene rings is 2. The third-order valence-corrected chi connectivity index (χ3v) is 6.50. The highest BCUT2D eigenvalue weighted by molar-refractivity contribution is 6.50. The van der Waals surface area contributed by atoms with Crippen molar-refractivity contribution in [2.24, 2.45) is 0 Å². The minimum Gasteiger partial charge on any atom is -0.481 e. The lowest BCUT2D eigenvalue weighted by Gasteiger charge is -2.15. The Kier molecular flexibility index (Phi) is 6.65. The summed E-state index contributed by atoms with van der Waals surface area (Å²) in [4.78, 5) is 15.5. The maximum absolute atomic E-state index is 11.1. The van der Waals surface area contributed by atoms with Crippen LogP contribution in [0.2, 0.25) is 30.1 Å². The van der Waals surface area contributed by atoms with Crippen LogP contribution in [0, 0.1) is 0 Å². The van der Waals surface area contributed by atoms with Gasteiger partial charge in [-0.05, 0) is 29.8 Å². The van der Waals surface area contributed by atoms with Crippen LogP contribution < -0.4 is 0 Å². The molecule has 3 rings (SSSR count). The summed E-state index contributed by atoms with van der Waals surface area (Å²) in [6.07, 6.45) is 1.24. The van der Waals surface area contributed by atoms with Crippen LogP contribution in [0.15, 0.2) is 36.5 Å². The highest BCUT2D eigenvalue weighted by atomic mass is 35.5. The Morgan fingerprint density at radius 1 is 0.786 bits per heavy atom. The molecule has 0 atom stereocenters. The van der Waals surface area contributed by atoms with Crippen molar-refractivity contribution in [2.45, 2.75) is 6.42 Å². The molecule has 9 heteroatoms. The Hall–Kier alpha value is -1.20. The number of carboxylic acids is 1. The Balaban J connectivity index is 2.32. The number of carbonyl (C=O) groups is 1. The normalized spacial score (nSPS) is 10.9. The van der Waals surface area contributed by atoms with Gasteiger partial charge in [-0.15, -0.1) is 0 Å². The zero-order valence-corrected chi connectivity index (χ0v) is 18.3. The number of aliphatic carboxylic acids is 1. The number of pyridine rings is 1. The molecule has 0 radical (unpaired) electrons. The van der Waals surface area contributed by atoms with E-state index in [4.69, 9.17) is 74.7 Å². The molecule has 0 unspecified atom stereocenters. The van der Waals surface area contributed by atoms with Gasteiger partial charge in [-0.1, -0.05) is 75.7 Å². The van der Waals surface area contributed by atoms with Gasteiger partial charge < -0.3 is 5.11 Å². The molecule has 0 aliphatic heterocycles. The molecule has 0 bridgehead atoms. The fraction of sp³-hybridized carbons (Fsp3) is 0.0526. The summed E-state index contributed by atoms with van der Waals surface area (Å²) in [6.45, 7) is 0. The molecule has 0 aliphatic rings. The fourth-order valence-electron chi connectivity index (χ4n) is 2.64. The molecule has 0 spiro atoms. The summed E-state index contributed by atoms with van der Waals surface area (Å²) in [5, 5.41) is 10.5. The van der Waals surface area contributed by atoms with Gasteiger partial charge in [-0.25, -0.2) is 0 Å². The van der Waals surface area contributed by atoms with Gasteiger partial charge in [0, 0.05) is 22.9 Å². The Bertz CT molecular complexity index is 1100. The van der Waals surface area contributed by atoms with Crippen LogP contribution in [0.25, 0.3) is 22.4 Å². The molecule has 1 N–H and O–H groups in total. The molecule has 1 heterocycles. The number of hydrogen-bond donors (Lipinski definition) is 1. The third-order valence-electron chi connectivity index (χ3n) is 3.92. The summed E-state index contributed by atoms with van der Waals surface area (Å²) in [5.74, 6) is -0.992. The number of carboxylic acid groups (broad SMARTS) is 1. The van der Waals surface area contributed by atoms with E-state index in [0.29, 0.717) is 38.0 Å². The molecular formula is C19H9Cl6NO2. The molecule has 0 saturated carbocycles. The number of aromatic nitrogens is 1. The molecule has 144 valence electrons. The van der Waals surface area contributed by atoms with E-state index in [1.807, 2.05) is 0 Å². The Morgan fingerprint density at radius 2 is 1.32 bits per heavy atom. The van der Waals surface area contributed by atoms with Gasteiger partial charge in [0.2, 0.25) is 0 Å². The first kappa shape index (κ1) is 21.5. The van der Waals surface area contributed by atoms with Gasteiger partial charge >= 0.3 is 5.97 Å². The van der Waals surface area contributed by atoms with Crippen LogP contribution in [-0.4, -0.2) is 16.1 Å². The predicted octanol–water partition coefficient (Wildman–Crippen LogP) is 7.96. The van der Waals surface area contributed by atoms with E-state index in [1.54, 1.807) is 30.3 Å². The first-order chi connectivity index (χ1) is 13.2. The van der Waals surface area contributed by atoms with Crippen molar-refractivity contribution in [1.82, 2.24) is 4.98 Å². The zero-order valence-electron chi connectivity index (χ0n) is 13.7. The molecular weight excluding hydrogens is 487 g/mol. The molecule has 0 amide bonds. The number of nitrogens with zero attached hydrogens (tertiary/aromatic N) is 1. The quantitative estimate of drug-likeness (QED) is 0.373. The lowest BCUT2D eigenvalue weighted by molar-refractivity contribution is -0.136. The molecule has 3 nitrogen and oxygen atoms in total. The van der Waals surface area contributed by atoms with Crippen molar-refractivity contribution in [1.29, 1.82) is 0 Å². The zero-order chi connectivity index (χ0) is 20.6. The maximum atomic E-state index is 11.1. The van der Waals surface area contributed by atoms with Crippen LogP contribution in [-0.2, 0) is 11.2 Å². The number of halogens is 6. The van der Waals surface area contributed by atoms with E-state index in [-0.39, 0.29) is 26.5 Å². The second kappa shape index (κ2) is 8.66. The summed E-state index contributed by atoms with van der Waals surface area (Å²) in [7, 11) is 0. The first-order valence-electron chi connectivity index (χ1n) is 7.69. The average Bonchev–Trinajstić information content (AvgIpc) is 2.64. The molecule has 3 aromatic rings. The minimum atomic E-state index is -0.992. The van der Waals surface area contributed by atoms with Crippen LogP contribution in [0.5, 0.6) is 0 Å². The minimum absolute atomic E-state index is 0.177. The Labute approximate surface area is 190 Å². The lowest BCUT2D eigenvalue weighted by atomic mass is 9.97. The van der Waals surface area contributed by atoms with Crippen molar-refractivity contribution in [2.75, 3.05) is 0 Å². The van der Waals surface area contributed by atoms with Crippen molar-refractivity contribution < 1.29 is 9.90 Å². The molecule has 0 aliphatic carbocycles. The monoisotopic (exact) mass is 493 g/mol. The Morgan fingerprint density at radius 3 is 1.89 bits per heavy atom. The van der Waals surface area contributed by atoms with Crippen LogP contribution in [0.4, 0.5) is 0 Å². The summed E-state index contributed by atoms with van der Waals surface area (Å²) < 4.78 is 0. The number of hydrogen-bond acceptors (Lipinski definition) is 2. The van der Waals surface area contributed by atoms with Crippen LogP contribution in [0.1, 0.15) is 5.56 Å². The summed E-state index contributed by atoms with van der Waals surface area (Å²) in [6, 6.07) is 8.20. The highest BCUT2D eigenvalue weighted by Crippen LogP contribution is 2.44. The van der Waals surface area contributed by atoms with E-state index in [1.165, 1.54) is 6.20 Å². The van der Waals surface area contributed by atoms with E-state index in [9.17, 15) is 4.79 Å². The predicted molar refractivity (Wildman–Crippen MR) is 117 cm³/mol. The topological polar surface area (TPSA) is 50.2 Å². The van der Waals surface area contributed by atoms with E-state index in [2.05, 4.69) is 4.98 Å². The molecule has 28 heavy (non-hydrogen) atoms. The standard InChI is InChI=1S/C19H9Cl6NO2/c20-12-3-1-9(15(22)17(12)24)11-5-8(6-14(27)28)7-26-19(11)10-2-4-13(21)18(25)16(10)23/h1-5,7H,6H2,(H,27,28). The average molecular weight is 496 g/mol. The molecule has 2 aromatic carbocycles. The fourth-order valence-corrected chi connectivity index (χ4v) is 3.90. The largest absolute Gasteiger partial charge is 0.481 e. The van der Waals surface area contributed by atoms with Crippen LogP contribution >= 0.6 is 69.6 Å². The van der Waals surface area contributed by atoms with Crippen molar-refractivity contribution in [3.8, 4) is 22.4 Å². The van der Waals surface area contributed by atoms with Gasteiger partial charge in [-0.2, -0.15) is 0 Å². The van der Waals surface area contributed by atoms with E-state index >= 15 is 0 Å². The lowest BCUT2D eigenvalue weighted by Crippen LogP contribution is -2.02. The van der Waals surface area contributed by atoms with Crippen LogP contribution in [0.3, 0.4) is 0 Å². The van der Waals surface area contributed by atoms with Crippen molar-refractivity contribution >= 4 is 75.6 Å². The van der Waals surface area contributed by atoms with Gasteiger partial charge in [0.1, 0.15) is 0 Å². The molecule has 0 saturated heterocycles. The highest BCUT2D eigenvalue weighted by Gasteiger charge is 2.20. The van der Waals surface area contributed by atoms with Gasteiger partial charge in [0.05, 0.1) is 42.3 Å². The maximum Gasteiger partial charge on any atom is 0.307 e. The molecule has 0 fully saturated rings. The van der Waals surface area contributed by atoms with Gasteiger partial charge in [0.25, 0.3) is 0 Å². The smallest absolute Gasteiger partial charge is 0.307 e. The van der Waals surface area contributed by atoms with Crippen molar-refractivity contribution in [3.05, 3.63) is 72.2 Å². The van der Waals surface area contributed by atoms with Gasteiger partial charge in [-0.3, -0.25) is 9.78 Å². The summed E-state index contributed by atoms with van der Waals surface area (Å²) >= 11 is 37.2. The summed E-state index contributed by atoms with van der Waals surface area (Å²) in [5.41, 5.74) is 2.48. The number of rotatable bonds is 4. The van der Waals surface area contributed by atoms with E-state index < -0.39 is 5.97 Å². The van der Waals surface area contributed by atoms with E-state index in [0.717, 1.165) is 0 Å². The third kappa shape index (κ3) is 4.20.